The van der Waals surface area contributed by atoms with Crippen molar-refractivity contribution < 1.29 is 9.47 Å². The lowest BCUT2D eigenvalue weighted by Gasteiger charge is -2.19. The summed E-state index contributed by atoms with van der Waals surface area (Å²) in [5.41, 5.74) is 4.25. The molecule has 2 aromatic carbocycles. The summed E-state index contributed by atoms with van der Waals surface area (Å²) in [4.78, 5) is 4.76. The standard InChI is InChI=1S/C18H15NO2.ClH/c1-12-10-16(19-15-5-3-2-4-14(12)15)13-6-7-17-18(11-13)21-9-8-20-17;/h2-7,10-11H,8-9H2,1H3;1H. The topological polar surface area (TPSA) is 31.4 Å². The molecule has 1 aliphatic heterocycles. The molecule has 0 unspecified atom stereocenters. The number of nitrogens with zero attached hydrogens (tertiary/aromatic N) is 1. The maximum atomic E-state index is 5.65. The summed E-state index contributed by atoms with van der Waals surface area (Å²) in [5, 5.41) is 1.19. The second-order valence-electron chi connectivity index (χ2n) is 5.20. The average Bonchev–Trinajstić information content (AvgIpc) is 2.54. The lowest BCUT2D eigenvalue weighted by atomic mass is 10.0. The third kappa shape index (κ3) is 2.48. The molecule has 112 valence electrons. The number of rotatable bonds is 1. The summed E-state index contributed by atoms with van der Waals surface area (Å²) in [6.45, 7) is 3.33. The summed E-state index contributed by atoms with van der Waals surface area (Å²) in [6.07, 6.45) is 0. The second-order valence-corrected chi connectivity index (χ2v) is 5.20. The Bertz CT molecular complexity index is 832. The zero-order valence-electron chi connectivity index (χ0n) is 12.2. The number of pyridine rings is 1. The van der Waals surface area contributed by atoms with Gasteiger partial charge in [0.05, 0.1) is 11.2 Å². The smallest absolute Gasteiger partial charge is 0.162 e. The van der Waals surface area contributed by atoms with Crippen molar-refractivity contribution in [3.63, 3.8) is 0 Å². The maximum absolute atomic E-state index is 5.65. The van der Waals surface area contributed by atoms with Crippen LogP contribution in [0.4, 0.5) is 0 Å². The second kappa shape index (κ2) is 5.85. The number of ether oxygens (including phenoxy) is 2. The van der Waals surface area contributed by atoms with E-state index >= 15 is 0 Å². The molecule has 0 N–H and O–H groups in total. The first-order valence-electron chi connectivity index (χ1n) is 7.08. The molecule has 3 aromatic rings. The van der Waals surface area contributed by atoms with Gasteiger partial charge in [0.25, 0.3) is 0 Å². The molecule has 0 bridgehead atoms. The van der Waals surface area contributed by atoms with Crippen LogP contribution in [-0.4, -0.2) is 18.2 Å². The van der Waals surface area contributed by atoms with E-state index in [2.05, 4.69) is 19.1 Å². The van der Waals surface area contributed by atoms with E-state index in [9.17, 15) is 0 Å². The molecular formula is C18H16ClNO2. The molecule has 22 heavy (non-hydrogen) atoms. The number of halogens is 1. The van der Waals surface area contributed by atoms with Gasteiger partial charge in [-0.2, -0.15) is 0 Å². The number of para-hydroxylation sites is 1. The van der Waals surface area contributed by atoms with E-state index in [1.54, 1.807) is 0 Å². The highest BCUT2D eigenvalue weighted by Gasteiger charge is 2.13. The van der Waals surface area contributed by atoms with Crippen molar-refractivity contribution >= 4 is 23.3 Å². The molecule has 2 heterocycles. The van der Waals surface area contributed by atoms with E-state index in [0.29, 0.717) is 13.2 Å². The normalized spacial score (nSPS) is 12.8. The van der Waals surface area contributed by atoms with Crippen molar-refractivity contribution in [3.05, 3.63) is 54.1 Å². The van der Waals surface area contributed by atoms with Crippen LogP contribution >= 0.6 is 12.4 Å². The van der Waals surface area contributed by atoms with Crippen LogP contribution in [0.2, 0.25) is 0 Å². The molecular weight excluding hydrogens is 298 g/mol. The fourth-order valence-electron chi connectivity index (χ4n) is 2.70. The summed E-state index contributed by atoms with van der Waals surface area (Å²) < 4.78 is 11.2. The van der Waals surface area contributed by atoms with Crippen LogP contribution in [0.3, 0.4) is 0 Å². The first-order chi connectivity index (χ1) is 10.3. The van der Waals surface area contributed by atoms with Crippen LogP contribution in [-0.2, 0) is 0 Å². The minimum atomic E-state index is 0. The highest BCUT2D eigenvalue weighted by Crippen LogP contribution is 2.34. The van der Waals surface area contributed by atoms with Gasteiger partial charge in [-0.15, -0.1) is 12.4 Å². The third-order valence-corrected chi connectivity index (χ3v) is 3.76. The van der Waals surface area contributed by atoms with Gasteiger partial charge in [-0.1, -0.05) is 18.2 Å². The molecule has 4 heteroatoms. The number of fused-ring (bicyclic) bond motifs is 2. The number of hydrogen-bond acceptors (Lipinski definition) is 3. The molecule has 1 aromatic heterocycles. The summed E-state index contributed by atoms with van der Waals surface area (Å²) >= 11 is 0. The average molecular weight is 314 g/mol. The Kier molecular flexibility index (Phi) is 3.90. The van der Waals surface area contributed by atoms with Crippen molar-refractivity contribution in [2.45, 2.75) is 6.92 Å². The number of hydrogen-bond donors (Lipinski definition) is 0. The van der Waals surface area contributed by atoms with Crippen LogP contribution in [0.15, 0.2) is 48.5 Å². The number of aryl methyl sites for hydroxylation is 1. The number of benzene rings is 2. The highest BCUT2D eigenvalue weighted by atomic mass is 35.5. The Hall–Kier alpha value is -2.26. The lowest BCUT2D eigenvalue weighted by molar-refractivity contribution is 0.171. The molecule has 0 saturated heterocycles. The minimum Gasteiger partial charge on any atom is -0.486 e. The first-order valence-corrected chi connectivity index (χ1v) is 7.08. The molecule has 3 nitrogen and oxygen atoms in total. The van der Waals surface area contributed by atoms with Gasteiger partial charge in [0.1, 0.15) is 13.2 Å². The van der Waals surface area contributed by atoms with E-state index in [4.69, 9.17) is 14.5 Å². The van der Waals surface area contributed by atoms with Gasteiger partial charge in [-0.25, -0.2) is 4.98 Å². The SMILES string of the molecule is Cc1cc(-c2ccc3c(c2)OCCO3)nc2ccccc12.Cl. The predicted molar refractivity (Wildman–Crippen MR) is 90.2 cm³/mol. The summed E-state index contributed by atoms with van der Waals surface area (Å²) in [5.74, 6) is 1.61. The van der Waals surface area contributed by atoms with Crippen LogP contribution in [0, 0.1) is 6.92 Å². The van der Waals surface area contributed by atoms with E-state index in [1.807, 2.05) is 36.4 Å². The molecule has 0 aliphatic carbocycles. The number of aromatic nitrogens is 1. The van der Waals surface area contributed by atoms with E-state index in [-0.39, 0.29) is 12.4 Å². The van der Waals surface area contributed by atoms with E-state index in [0.717, 1.165) is 28.3 Å². The Labute approximate surface area is 135 Å². The van der Waals surface area contributed by atoms with E-state index in [1.165, 1.54) is 10.9 Å². The van der Waals surface area contributed by atoms with Gasteiger partial charge in [-0.05, 0) is 42.8 Å². The van der Waals surface area contributed by atoms with Gasteiger partial charge < -0.3 is 9.47 Å². The monoisotopic (exact) mass is 313 g/mol. The van der Waals surface area contributed by atoms with Crippen LogP contribution in [0.1, 0.15) is 5.56 Å². The van der Waals surface area contributed by atoms with Gasteiger partial charge in [0, 0.05) is 10.9 Å². The summed E-state index contributed by atoms with van der Waals surface area (Å²) in [7, 11) is 0. The van der Waals surface area contributed by atoms with Crippen LogP contribution in [0.25, 0.3) is 22.2 Å². The predicted octanol–water partition coefficient (Wildman–Crippen LogP) is 4.40. The molecule has 0 spiro atoms. The van der Waals surface area contributed by atoms with Crippen LogP contribution in [0.5, 0.6) is 11.5 Å². The van der Waals surface area contributed by atoms with Crippen molar-refractivity contribution in [1.82, 2.24) is 4.98 Å². The van der Waals surface area contributed by atoms with Crippen molar-refractivity contribution in [2.24, 2.45) is 0 Å². The van der Waals surface area contributed by atoms with Gasteiger partial charge in [0.2, 0.25) is 0 Å². The Morgan fingerprint density at radius 1 is 0.909 bits per heavy atom. The molecule has 1 aliphatic rings. The van der Waals surface area contributed by atoms with Gasteiger partial charge in [-0.3, -0.25) is 0 Å². The third-order valence-electron chi connectivity index (χ3n) is 3.76. The Morgan fingerprint density at radius 2 is 1.68 bits per heavy atom. The summed E-state index contributed by atoms with van der Waals surface area (Å²) in [6, 6.07) is 16.3. The van der Waals surface area contributed by atoms with Crippen molar-refractivity contribution in [1.29, 1.82) is 0 Å². The fraction of sp³-hybridized carbons (Fsp3) is 0.167. The Morgan fingerprint density at radius 3 is 2.55 bits per heavy atom. The van der Waals surface area contributed by atoms with Gasteiger partial charge >= 0.3 is 0 Å². The minimum absolute atomic E-state index is 0. The quantitative estimate of drug-likeness (QED) is 0.667. The molecule has 4 rings (SSSR count). The molecule has 0 radical (unpaired) electrons. The van der Waals surface area contributed by atoms with Crippen molar-refractivity contribution in [3.8, 4) is 22.8 Å². The molecule has 0 atom stereocenters. The Balaban J connectivity index is 0.00000144. The largest absolute Gasteiger partial charge is 0.486 e. The lowest BCUT2D eigenvalue weighted by Crippen LogP contribution is -2.15. The fourth-order valence-corrected chi connectivity index (χ4v) is 2.70. The first kappa shape index (κ1) is 14.7. The van der Waals surface area contributed by atoms with Crippen LogP contribution < -0.4 is 9.47 Å². The molecule has 0 fully saturated rings. The maximum Gasteiger partial charge on any atom is 0.162 e. The highest BCUT2D eigenvalue weighted by molar-refractivity contribution is 5.85. The van der Waals surface area contributed by atoms with Gasteiger partial charge in [0.15, 0.2) is 11.5 Å². The molecule has 0 amide bonds. The zero-order chi connectivity index (χ0) is 14.2. The van der Waals surface area contributed by atoms with Crippen molar-refractivity contribution in [2.75, 3.05) is 13.2 Å². The zero-order valence-corrected chi connectivity index (χ0v) is 13.0. The van der Waals surface area contributed by atoms with E-state index < -0.39 is 0 Å². The molecule has 0 saturated carbocycles.